The number of aryl methyl sites for hydroxylation is 1. The van der Waals surface area contributed by atoms with E-state index in [1.165, 1.54) is 27.8 Å². The molecule has 0 amide bonds. The summed E-state index contributed by atoms with van der Waals surface area (Å²) in [6.07, 6.45) is 6.88. The number of rotatable bonds is 4. The normalized spacial score (nSPS) is 20.7. The van der Waals surface area contributed by atoms with E-state index < -0.39 is 0 Å². The Hall–Kier alpha value is -3.07. The van der Waals surface area contributed by atoms with Crippen LogP contribution < -0.4 is 5.32 Å². The Morgan fingerprint density at radius 3 is 2.97 bits per heavy atom. The Balaban J connectivity index is 1.28. The number of pyridine rings is 1. The smallest absolute Gasteiger partial charge is 0.101 e. The Kier molecular flexibility index (Phi) is 5.50. The highest BCUT2D eigenvalue weighted by Gasteiger charge is 2.26. The molecule has 1 aromatic carbocycles. The number of hydrogen-bond donors (Lipinski definition) is 1. The second kappa shape index (κ2) is 8.46. The van der Waals surface area contributed by atoms with Crippen molar-refractivity contribution in [3.05, 3.63) is 81.8 Å². The molecule has 1 saturated heterocycles. The van der Waals surface area contributed by atoms with Crippen molar-refractivity contribution in [1.82, 2.24) is 15.2 Å². The third kappa shape index (κ3) is 3.81. The SMILES string of the molecule is C=C1CCc2c1ccc([C@@H]1CN(CC3=CCC(c4cc(C)c(C#N)cn4)=N3)CCN1)c2C. The molecular formula is C27H29N5. The summed E-state index contributed by atoms with van der Waals surface area (Å²) in [5, 5.41) is 12.9. The molecule has 32 heavy (non-hydrogen) atoms. The van der Waals surface area contributed by atoms with Crippen LogP contribution in [0, 0.1) is 25.2 Å². The van der Waals surface area contributed by atoms with Crippen LogP contribution in [0.5, 0.6) is 0 Å². The van der Waals surface area contributed by atoms with Crippen molar-refractivity contribution in [1.29, 1.82) is 5.26 Å². The van der Waals surface area contributed by atoms with Crippen molar-refractivity contribution in [3.8, 4) is 6.07 Å². The number of hydrogen-bond acceptors (Lipinski definition) is 5. The lowest BCUT2D eigenvalue weighted by atomic mass is 9.92. The molecule has 1 aromatic heterocycles. The molecule has 0 radical (unpaired) electrons. The number of piperazine rings is 1. The molecule has 5 nitrogen and oxygen atoms in total. The molecule has 2 aromatic rings. The summed E-state index contributed by atoms with van der Waals surface area (Å²) in [5.74, 6) is 0. The Labute approximate surface area is 190 Å². The number of fused-ring (bicyclic) bond motifs is 1. The Morgan fingerprint density at radius 1 is 1.28 bits per heavy atom. The van der Waals surface area contributed by atoms with Gasteiger partial charge in [-0.25, -0.2) is 0 Å². The van der Waals surface area contributed by atoms with Crippen molar-refractivity contribution < 1.29 is 0 Å². The second-order valence-electron chi connectivity index (χ2n) is 9.11. The first-order valence-electron chi connectivity index (χ1n) is 11.4. The number of benzene rings is 1. The average Bonchev–Trinajstić information content (AvgIpc) is 3.41. The van der Waals surface area contributed by atoms with E-state index in [9.17, 15) is 0 Å². The number of nitriles is 1. The van der Waals surface area contributed by atoms with Gasteiger partial charge in [0.1, 0.15) is 6.07 Å². The third-order valence-corrected chi connectivity index (χ3v) is 7.06. The van der Waals surface area contributed by atoms with Gasteiger partial charge in [-0.2, -0.15) is 5.26 Å². The lowest BCUT2D eigenvalue weighted by Gasteiger charge is -2.35. The standard InChI is InChI=1S/C27H29N5/c1-17-4-6-23-19(3)24(8-7-22(17)23)27-16-32(11-10-29-27)15-21-5-9-25(31-21)26-12-18(2)20(13-28)14-30-26/h5,7-8,12,14,27,29H,1,4,6,9-11,15-16H2,2-3H3/t27-/m0/s1. The predicted molar refractivity (Wildman–Crippen MR) is 129 cm³/mol. The maximum atomic E-state index is 9.13. The van der Waals surface area contributed by atoms with Crippen molar-refractivity contribution in [2.75, 3.05) is 26.2 Å². The summed E-state index contributed by atoms with van der Waals surface area (Å²) in [6, 6.07) is 9.07. The van der Waals surface area contributed by atoms with Gasteiger partial charge in [-0.15, -0.1) is 0 Å². The summed E-state index contributed by atoms with van der Waals surface area (Å²) in [5.41, 5.74) is 11.6. The molecule has 162 valence electrons. The van der Waals surface area contributed by atoms with Gasteiger partial charge in [-0.05, 0) is 66.1 Å². The van der Waals surface area contributed by atoms with E-state index in [4.69, 9.17) is 10.3 Å². The van der Waals surface area contributed by atoms with Crippen LogP contribution >= 0.6 is 0 Å². The van der Waals surface area contributed by atoms with E-state index in [1.54, 1.807) is 6.20 Å². The van der Waals surface area contributed by atoms with Gasteiger partial charge in [0.25, 0.3) is 0 Å². The fraction of sp³-hybridized carbons (Fsp3) is 0.370. The largest absolute Gasteiger partial charge is 0.308 e. The van der Waals surface area contributed by atoms with Gasteiger partial charge in [-0.1, -0.05) is 24.8 Å². The Bertz CT molecular complexity index is 1200. The summed E-state index contributed by atoms with van der Waals surface area (Å²) >= 11 is 0. The van der Waals surface area contributed by atoms with Crippen LogP contribution in [-0.4, -0.2) is 41.8 Å². The monoisotopic (exact) mass is 423 g/mol. The molecule has 1 N–H and O–H groups in total. The van der Waals surface area contributed by atoms with E-state index in [0.29, 0.717) is 11.6 Å². The quantitative estimate of drug-likeness (QED) is 0.798. The average molecular weight is 424 g/mol. The molecule has 0 saturated carbocycles. The highest BCUT2D eigenvalue weighted by Crippen LogP contribution is 2.36. The minimum absolute atomic E-state index is 0.344. The van der Waals surface area contributed by atoms with Crippen molar-refractivity contribution >= 4 is 11.3 Å². The fourth-order valence-electron chi connectivity index (χ4n) is 5.18. The van der Waals surface area contributed by atoms with Crippen molar-refractivity contribution in [2.24, 2.45) is 4.99 Å². The lowest BCUT2D eigenvalue weighted by Crippen LogP contribution is -2.46. The van der Waals surface area contributed by atoms with Gasteiger partial charge in [0, 0.05) is 44.8 Å². The molecule has 0 spiro atoms. The number of aliphatic imine (C=N–C) groups is 1. The maximum absolute atomic E-state index is 9.13. The molecule has 5 heteroatoms. The summed E-state index contributed by atoms with van der Waals surface area (Å²) in [4.78, 5) is 11.8. The van der Waals surface area contributed by atoms with Crippen LogP contribution in [0.1, 0.15) is 58.0 Å². The van der Waals surface area contributed by atoms with E-state index >= 15 is 0 Å². The molecule has 1 atom stereocenters. The van der Waals surface area contributed by atoms with Gasteiger partial charge < -0.3 is 5.32 Å². The molecule has 0 bridgehead atoms. The van der Waals surface area contributed by atoms with Crippen LogP contribution in [0.15, 0.2) is 47.7 Å². The van der Waals surface area contributed by atoms with Crippen LogP contribution in [0.25, 0.3) is 5.57 Å². The minimum atomic E-state index is 0.344. The van der Waals surface area contributed by atoms with E-state index in [2.05, 4.69) is 53.0 Å². The van der Waals surface area contributed by atoms with Gasteiger partial charge in [0.05, 0.1) is 22.7 Å². The zero-order valence-corrected chi connectivity index (χ0v) is 18.9. The van der Waals surface area contributed by atoms with Gasteiger partial charge in [0.15, 0.2) is 0 Å². The fourth-order valence-corrected chi connectivity index (χ4v) is 5.18. The third-order valence-electron chi connectivity index (χ3n) is 7.06. The molecule has 0 unspecified atom stereocenters. The molecule has 1 fully saturated rings. The van der Waals surface area contributed by atoms with Crippen LogP contribution in [0.3, 0.4) is 0 Å². The summed E-state index contributed by atoms with van der Waals surface area (Å²) in [6.45, 7) is 12.3. The summed E-state index contributed by atoms with van der Waals surface area (Å²) < 4.78 is 0. The summed E-state index contributed by atoms with van der Waals surface area (Å²) in [7, 11) is 0. The maximum Gasteiger partial charge on any atom is 0.101 e. The van der Waals surface area contributed by atoms with Crippen molar-refractivity contribution in [3.63, 3.8) is 0 Å². The zero-order chi connectivity index (χ0) is 22.2. The lowest BCUT2D eigenvalue weighted by molar-refractivity contribution is 0.215. The minimum Gasteiger partial charge on any atom is -0.308 e. The van der Waals surface area contributed by atoms with Crippen LogP contribution in [-0.2, 0) is 6.42 Å². The first kappa shape index (κ1) is 20.8. The van der Waals surface area contributed by atoms with Gasteiger partial charge >= 0.3 is 0 Å². The van der Waals surface area contributed by atoms with Crippen LogP contribution in [0.2, 0.25) is 0 Å². The number of allylic oxidation sites excluding steroid dienone is 2. The first-order valence-corrected chi connectivity index (χ1v) is 11.4. The van der Waals surface area contributed by atoms with E-state index in [-0.39, 0.29) is 0 Å². The highest BCUT2D eigenvalue weighted by atomic mass is 15.2. The van der Waals surface area contributed by atoms with Crippen molar-refractivity contribution in [2.45, 2.75) is 39.2 Å². The molecule has 5 rings (SSSR count). The first-order chi connectivity index (χ1) is 15.5. The predicted octanol–water partition coefficient (Wildman–Crippen LogP) is 4.25. The Morgan fingerprint density at radius 2 is 2.16 bits per heavy atom. The van der Waals surface area contributed by atoms with E-state index in [0.717, 1.165) is 68.1 Å². The molecule has 1 aliphatic carbocycles. The highest BCUT2D eigenvalue weighted by molar-refractivity contribution is 6.02. The van der Waals surface area contributed by atoms with Gasteiger partial charge in [0.2, 0.25) is 0 Å². The molecule has 2 aliphatic heterocycles. The molecule has 3 heterocycles. The van der Waals surface area contributed by atoms with Crippen LogP contribution in [0.4, 0.5) is 0 Å². The van der Waals surface area contributed by atoms with E-state index in [1.807, 2.05) is 13.0 Å². The topological polar surface area (TPSA) is 64.3 Å². The zero-order valence-electron chi connectivity index (χ0n) is 18.9. The number of nitrogens with zero attached hydrogens (tertiary/aromatic N) is 4. The molecule has 3 aliphatic rings. The molecular weight excluding hydrogens is 394 g/mol. The second-order valence-corrected chi connectivity index (χ2v) is 9.11. The van der Waals surface area contributed by atoms with Gasteiger partial charge in [-0.3, -0.25) is 14.9 Å². The number of nitrogens with one attached hydrogen (secondary N) is 1. The number of aromatic nitrogens is 1.